The summed E-state index contributed by atoms with van der Waals surface area (Å²) in [4.78, 5) is 24.2. The van der Waals surface area contributed by atoms with Crippen molar-refractivity contribution in [2.75, 3.05) is 11.9 Å². The fraction of sp³-hybridized carbons (Fsp3) is 0.455. The molecule has 7 nitrogen and oxygen atoms in total. The number of esters is 1. The lowest BCUT2D eigenvalue weighted by atomic mass is 10.1. The fourth-order valence-corrected chi connectivity index (χ4v) is 3.01. The molecule has 154 valence electrons. The van der Waals surface area contributed by atoms with Crippen molar-refractivity contribution in [1.29, 1.82) is 5.26 Å². The summed E-state index contributed by atoms with van der Waals surface area (Å²) in [6, 6.07) is 8.82. The standard InChI is InChI=1S/C22H28N4O3/c1-4-5-15-29-22(28)18-7-9-19(10-8-18)24-21(27)12-11-20-16(2)25-26(17(20)3)14-6-13-23/h7-10H,4-6,11-12,14-15H2,1-3H3,(H,24,27). The molecule has 29 heavy (non-hydrogen) atoms. The van der Waals surface area contributed by atoms with E-state index in [9.17, 15) is 9.59 Å². The average Bonchev–Trinajstić information content (AvgIpc) is 2.98. The number of nitriles is 1. The van der Waals surface area contributed by atoms with Crippen molar-refractivity contribution >= 4 is 17.6 Å². The minimum Gasteiger partial charge on any atom is -0.462 e. The van der Waals surface area contributed by atoms with Gasteiger partial charge in [0.1, 0.15) is 0 Å². The van der Waals surface area contributed by atoms with Crippen molar-refractivity contribution in [3.8, 4) is 6.07 Å². The molecule has 0 bridgehead atoms. The number of carbonyl (C=O) groups is 2. The Kier molecular flexibility index (Phi) is 8.41. The summed E-state index contributed by atoms with van der Waals surface area (Å²) in [5.41, 5.74) is 4.03. The zero-order valence-corrected chi connectivity index (χ0v) is 17.3. The predicted octanol–water partition coefficient (Wildman–Crippen LogP) is 3.94. The number of carbonyl (C=O) groups excluding carboxylic acids is 2. The Morgan fingerprint density at radius 2 is 1.97 bits per heavy atom. The fourth-order valence-electron chi connectivity index (χ4n) is 3.01. The maximum atomic E-state index is 12.3. The van der Waals surface area contributed by atoms with Crippen LogP contribution in [-0.4, -0.2) is 28.3 Å². The predicted molar refractivity (Wildman–Crippen MR) is 111 cm³/mol. The number of hydrogen-bond donors (Lipinski definition) is 1. The molecule has 2 rings (SSSR count). The first kappa shape index (κ1) is 22.2. The number of amides is 1. The van der Waals surface area contributed by atoms with Crippen molar-refractivity contribution in [1.82, 2.24) is 9.78 Å². The number of ether oxygens (including phenoxy) is 1. The number of benzene rings is 1. The van der Waals surface area contributed by atoms with Gasteiger partial charge in [0.2, 0.25) is 5.91 Å². The van der Waals surface area contributed by atoms with Crippen LogP contribution in [-0.2, 0) is 22.5 Å². The molecule has 1 N–H and O–H groups in total. The number of nitrogens with zero attached hydrogens (tertiary/aromatic N) is 3. The van der Waals surface area contributed by atoms with Crippen LogP contribution in [0.1, 0.15) is 59.9 Å². The van der Waals surface area contributed by atoms with Gasteiger partial charge < -0.3 is 10.1 Å². The second-order valence-corrected chi connectivity index (χ2v) is 6.90. The number of aryl methyl sites for hydroxylation is 2. The van der Waals surface area contributed by atoms with Gasteiger partial charge in [-0.1, -0.05) is 13.3 Å². The lowest BCUT2D eigenvalue weighted by Gasteiger charge is -2.08. The summed E-state index contributed by atoms with van der Waals surface area (Å²) in [7, 11) is 0. The molecular formula is C22H28N4O3. The number of aromatic nitrogens is 2. The molecule has 0 unspecified atom stereocenters. The third-order valence-corrected chi connectivity index (χ3v) is 4.70. The molecule has 1 amide bonds. The van der Waals surface area contributed by atoms with Gasteiger partial charge in [-0.25, -0.2) is 4.79 Å². The molecule has 0 saturated carbocycles. The van der Waals surface area contributed by atoms with Gasteiger partial charge in [-0.2, -0.15) is 10.4 Å². The molecule has 0 aliphatic carbocycles. The molecule has 2 aromatic rings. The molecule has 0 fully saturated rings. The molecule has 0 saturated heterocycles. The van der Waals surface area contributed by atoms with E-state index in [1.165, 1.54) is 0 Å². The number of anilines is 1. The van der Waals surface area contributed by atoms with E-state index in [4.69, 9.17) is 10.00 Å². The van der Waals surface area contributed by atoms with Crippen LogP contribution in [0.4, 0.5) is 5.69 Å². The van der Waals surface area contributed by atoms with Crippen LogP contribution in [0.2, 0.25) is 0 Å². The molecule has 7 heteroatoms. The Bertz CT molecular complexity index is 879. The quantitative estimate of drug-likeness (QED) is 0.484. The average molecular weight is 396 g/mol. The van der Waals surface area contributed by atoms with Gasteiger partial charge in [0.25, 0.3) is 0 Å². The van der Waals surface area contributed by atoms with Crippen molar-refractivity contribution < 1.29 is 14.3 Å². The van der Waals surface area contributed by atoms with E-state index in [1.807, 2.05) is 25.5 Å². The Morgan fingerprint density at radius 1 is 1.24 bits per heavy atom. The van der Waals surface area contributed by atoms with E-state index in [0.29, 0.717) is 43.7 Å². The number of rotatable bonds is 10. The summed E-state index contributed by atoms with van der Waals surface area (Å²) in [6.45, 7) is 6.89. The van der Waals surface area contributed by atoms with E-state index in [2.05, 4.69) is 16.5 Å². The van der Waals surface area contributed by atoms with Crippen molar-refractivity contribution in [3.63, 3.8) is 0 Å². The lowest BCUT2D eigenvalue weighted by Crippen LogP contribution is -2.13. The summed E-state index contributed by atoms with van der Waals surface area (Å²) in [5.74, 6) is -0.456. The van der Waals surface area contributed by atoms with Gasteiger partial charge >= 0.3 is 5.97 Å². The molecule has 0 aliphatic heterocycles. The van der Waals surface area contributed by atoms with Crippen molar-refractivity contribution in [3.05, 3.63) is 46.8 Å². The highest BCUT2D eigenvalue weighted by molar-refractivity contribution is 5.93. The highest BCUT2D eigenvalue weighted by atomic mass is 16.5. The Morgan fingerprint density at radius 3 is 2.62 bits per heavy atom. The van der Waals surface area contributed by atoms with Gasteiger partial charge in [-0.15, -0.1) is 0 Å². The van der Waals surface area contributed by atoms with Gasteiger partial charge in [-0.05, 0) is 56.5 Å². The Hall–Kier alpha value is -3.14. The smallest absolute Gasteiger partial charge is 0.338 e. The van der Waals surface area contributed by atoms with Crippen LogP contribution in [0.3, 0.4) is 0 Å². The van der Waals surface area contributed by atoms with E-state index >= 15 is 0 Å². The third-order valence-electron chi connectivity index (χ3n) is 4.70. The Labute approximate surface area is 171 Å². The number of nitrogens with one attached hydrogen (secondary N) is 1. The third kappa shape index (κ3) is 6.46. The lowest BCUT2D eigenvalue weighted by molar-refractivity contribution is -0.116. The van der Waals surface area contributed by atoms with Crippen LogP contribution in [0.5, 0.6) is 0 Å². The van der Waals surface area contributed by atoms with Gasteiger partial charge in [0, 0.05) is 17.8 Å². The van der Waals surface area contributed by atoms with Gasteiger partial charge in [-0.3, -0.25) is 9.48 Å². The van der Waals surface area contributed by atoms with E-state index in [0.717, 1.165) is 29.8 Å². The summed E-state index contributed by atoms with van der Waals surface area (Å²) in [5, 5.41) is 16.0. The zero-order chi connectivity index (χ0) is 21.2. The molecule has 0 spiro atoms. The molecule has 0 atom stereocenters. The van der Waals surface area contributed by atoms with Gasteiger partial charge in [0.15, 0.2) is 0 Å². The summed E-state index contributed by atoms with van der Waals surface area (Å²) < 4.78 is 7.00. The second-order valence-electron chi connectivity index (χ2n) is 6.90. The minimum absolute atomic E-state index is 0.105. The van der Waals surface area contributed by atoms with Gasteiger partial charge in [0.05, 0.1) is 36.9 Å². The topological polar surface area (TPSA) is 97.0 Å². The molecule has 1 heterocycles. The highest BCUT2D eigenvalue weighted by Gasteiger charge is 2.13. The monoisotopic (exact) mass is 396 g/mol. The number of hydrogen-bond acceptors (Lipinski definition) is 5. The molecule has 1 aromatic heterocycles. The first-order chi connectivity index (χ1) is 14.0. The van der Waals surface area contributed by atoms with E-state index in [-0.39, 0.29) is 11.9 Å². The van der Waals surface area contributed by atoms with Crippen LogP contribution in [0.25, 0.3) is 0 Å². The largest absolute Gasteiger partial charge is 0.462 e. The van der Waals surface area contributed by atoms with Crippen LogP contribution in [0.15, 0.2) is 24.3 Å². The minimum atomic E-state index is -0.351. The van der Waals surface area contributed by atoms with Crippen molar-refractivity contribution in [2.24, 2.45) is 0 Å². The first-order valence-electron chi connectivity index (χ1n) is 9.93. The Balaban J connectivity index is 1.87. The highest BCUT2D eigenvalue weighted by Crippen LogP contribution is 2.17. The molecule has 0 aliphatic rings. The summed E-state index contributed by atoms with van der Waals surface area (Å²) in [6.07, 6.45) is 3.13. The van der Waals surface area contributed by atoms with Crippen molar-refractivity contribution in [2.45, 2.75) is 59.4 Å². The first-order valence-corrected chi connectivity index (χ1v) is 9.93. The van der Waals surface area contributed by atoms with Crippen LogP contribution >= 0.6 is 0 Å². The van der Waals surface area contributed by atoms with E-state index < -0.39 is 0 Å². The summed E-state index contributed by atoms with van der Waals surface area (Å²) >= 11 is 0. The SMILES string of the molecule is CCCCOC(=O)c1ccc(NC(=O)CCc2c(C)nn(CCC#N)c2C)cc1. The van der Waals surface area contributed by atoms with Crippen LogP contribution in [0, 0.1) is 25.2 Å². The van der Waals surface area contributed by atoms with E-state index in [1.54, 1.807) is 24.3 Å². The zero-order valence-electron chi connectivity index (χ0n) is 17.3. The number of unbranched alkanes of at least 4 members (excludes halogenated alkanes) is 1. The van der Waals surface area contributed by atoms with Crippen LogP contribution < -0.4 is 5.32 Å². The molecule has 1 aromatic carbocycles. The normalized spacial score (nSPS) is 10.4. The maximum Gasteiger partial charge on any atom is 0.338 e. The maximum absolute atomic E-state index is 12.3. The second kappa shape index (κ2) is 11.0. The molecular weight excluding hydrogens is 368 g/mol. The molecule has 0 radical (unpaired) electrons.